The Kier molecular flexibility index (Phi) is 4.92. The highest BCUT2D eigenvalue weighted by molar-refractivity contribution is 5.36. The van der Waals surface area contributed by atoms with Crippen LogP contribution >= 0.6 is 0 Å². The number of alkyl halides is 3. The van der Waals surface area contributed by atoms with Gasteiger partial charge in [-0.2, -0.15) is 18.0 Å². The number of aliphatic hydroxyl groups excluding tert-OH is 3. The Morgan fingerprint density at radius 1 is 1.32 bits per heavy atom. The summed E-state index contributed by atoms with van der Waals surface area (Å²) >= 11 is 0. The second-order valence-corrected chi connectivity index (χ2v) is 4.64. The Morgan fingerprint density at radius 3 is 2.68 bits per heavy atom. The second-order valence-electron chi connectivity index (χ2n) is 4.64. The second kappa shape index (κ2) is 6.53. The molecule has 10 heteroatoms. The topological polar surface area (TPSA) is 100 Å². The maximum absolute atomic E-state index is 12.5. The molecule has 0 radical (unpaired) electrons. The number of nitrogens with zero attached hydrogens (tertiary/aromatic N) is 3. The highest BCUT2D eigenvalue weighted by Gasteiger charge is 2.40. The predicted molar refractivity (Wildman–Crippen MR) is 66.3 cm³/mol. The van der Waals surface area contributed by atoms with Gasteiger partial charge in [-0.15, -0.1) is 0 Å². The van der Waals surface area contributed by atoms with Crippen LogP contribution in [0.5, 0.6) is 0 Å². The van der Waals surface area contributed by atoms with Crippen LogP contribution in [0, 0.1) is 12.0 Å². The summed E-state index contributed by atoms with van der Waals surface area (Å²) in [6, 6.07) is 2.38. The molecule has 7 nitrogen and oxygen atoms in total. The molecule has 0 spiro atoms. The van der Waals surface area contributed by atoms with Crippen LogP contribution in [0.1, 0.15) is 5.69 Å². The van der Waals surface area contributed by atoms with E-state index >= 15 is 0 Å². The zero-order valence-corrected chi connectivity index (χ0v) is 11.1. The van der Waals surface area contributed by atoms with Gasteiger partial charge in [-0.25, -0.2) is 4.98 Å². The summed E-state index contributed by atoms with van der Waals surface area (Å²) < 4.78 is 42.5. The largest absolute Gasteiger partial charge is 0.459 e. The SMILES string of the molecule is OC[C@H]1OCC(C#[N+]c2cncc(C(F)(F)F)n2)[C@@H](O)[C@H]1O. The number of hydrogen-bond acceptors (Lipinski definition) is 6. The minimum Gasteiger partial charge on any atom is -0.394 e. The summed E-state index contributed by atoms with van der Waals surface area (Å²) in [5.74, 6) is -1.20. The molecule has 1 aromatic heterocycles. The van der Waals surface area contributed by atoms with Gasteiger partial charge in [-0.1, -0.05) is 0 Å². The minimum absolute atomic E-state index is 0.0979. The summed E-state index contributed by atoms with van der Waals surface area (Å²) in [6.07, 6.45) is -6.66. The van der Waals surface area contributed by atoms with Crippen molar-refractivity contribution < 1.29 is 33.2 Å². The molecule has 1 aliphatic rings. The van der Waals surface area contributed by atoms with E-state index in [9.17, 15) is 23.4 Å². The van der Waals surface area contributed by atoms with E-state index in [1.807, 2.05) is 0 Å². The third-order valence-electron chi connectivity index (χ3n) is 3.07. The molecule has 120 valence electrons. The number of hydrogen-bond donors (Lipinski definition) is 3. The molecule has 1 aromatic rings. The molecular formula is C12H13F3N3O4+. The summed E-state index contributed by atoms with van der Waals surface area (Å²) in [5.41, 5.74) is -1.20. The van der Waals surface area contributed by atoms with Gasteiger partial charge in [0.25, 0.3) is 5.69 Å². The summed E-state index contributed by atoms with van der Waals surface area (Å²) in [6.45, 7) is -0.569. The third-order valence-corrected chi connectivity index (χ3v) is 3.07. The predicted octanol–water partition coefficient (Wildman–Crippen LogP) is 0.189. The van der Waals surface area contributed by atoms with Crippen molar-refractivity contribution in [2.45, 2.75) is 24.5 Å². The van der Waals surface area contributed by atoms with Crippen LogP contribution in [0.3, 0.4) is 0 Å². The van der Waals surface area contributed by atoms with E-state index in [1.165, 1.54) is 0 Å². The van der Waals surface area contributed by atoms with Crippen LogP contribution in [0.2, 0.25) is 0 Å². The molecule has 22 heavy (non-hydrogen) atoms. The van der Waals surface area contributed by atoms with Crippen LogP contribution in [0.15, 0.2) is 12.4 Å². The summed E-state index contributed by atoms with van der Waals surface area (Å²) in [5, 5.41) is 28.4. The first-order valence-corrected chi connectivity index (χ1v) is 6.27. The number of aromatic nitrogens is 2. The molecule has 0 saturated carbocycles. The van der Waals surface area contributed by atoms with Crippen molar-refractivity contribution in [2.24, 2.45) is 5.92 Å². The maximum Gasteiger partial charge on any atom is 0.459 e. The van der Waals surface area contributed by atoms with Gasteiger partial charge in [-0.3, -0.25) is 0 Å². The minimum atomic E-state index is -4.64. The Morgan fingerprint density at radius 2 is 2.05 bits per heavy atom. The van der Waals surface area contributed by atoms with Crippen LogP contribution in [-0.2, 0) is 10.9 Å². The number of rotatable bonds is 1. The van der Waals surface area contributed by atoms with Crippen LogP contribution in [-0.4, -0.2) is 56.8 Å². The lowest BCUT2D eigenvalue weighted by Crippen LogP contribution is -2.51. The van der Waals surface area contributed by atoms with Gasteiger partial charge in [0.15, 0.2) is 6.07 Å². The van der Waals surface area contributed by atoms with Crippen molar-refractivity contribution in [3.05, 3.63) is 22.9 Å². The molecule has 0 bridgehead atoms. The van der Waals surface area contributed by atoms with Crippen LogP contribution < -0.4 is 0 Å². The first kappa shape index (κ1) is 16.6. The first-order chi connectivity index (χ1) is 10.3. The van der Waals surface area contributed by atoms with Gasteiger partial charge in [0.1, 0.15) is 30.4 Å². The fourth-order valence-electron chi connectivity index (χ4n) is 1.85. The van der Waals surface area contributed by atoms with Crippen molar-refractivity contribution >= 4 is 5.82 Å². The molecule has 2 heterocycles. The zero-order chi connectivity index (χ0) is 16.3. The highest BCUT2D eigenvalue weighted by Crippen LogP contribution is 2.28. The van der Waals surface area contributed by atoms with E-state index in [4.69, 9.17) is 9.84 Å². The van der Waals surface area contributed by atoms with E-state index in [1.54, 1.807) is 0 Å². The van der Waals surface area contributed by atoms with Crippen LogP contribution in [0.4, 0.5) is 19.0 Å². The maximum atomic E-state index is 12.5. The standard InChI is InChI=1S/C12H13F3N3O4/c13-12(14,15)8-2-16-3-9(18-8)17-1-6-5-22-7(4-19)11(21)10(6)20/h2-3,6-7,10-11,19-21H,4-5H2/q+1/t6?,7-,10-,11+/m1/s1. The smallest absolute Gasteiger partial charge is 0.394 e. The van der Waals surface area contributed by atoms with Crippen molar-refractivity contribution in [1.29, 1.82) is 0 Å². The van der Waals surface area contributed by atoms with E-state index in [2.05, 4.69) is 20.9 Å². The van der Waals surface area contributed by atoms with Crippen molar-refractivity contribution in [3.63, 3.8) is 0 Å². The van der Waals surface area contributed by atoms with Gasteiger partial charge >= 0.3 is 12.0 Å². The molecule has 4 atom stereocenters. The Balaban J connectivity index is 2.14. The normalized spacial score (nSPS) is 28.8. The molecule has 2 rings (SSSR count). The average molecular weight is 320 g/mol. The molecule has 1 saturated heterocycles. The van der Waals surface area contributed by atoms with Gasteiger partial charge < -0.3 is 20.1 Å². The number of aliphatic hydroxyl groups is 3. The third kappa shape index (κ3) is 3.69. The van der Waals surface area contributed by atoms with Gasteiger partial charge in [0.05, 0.1) is 19.4 Å². The van der Waals surface area contributed by atoms with E-state index in [0.717, 1.165) is 6.20 Å². The van der Waals surface area contributed by atoms with Crippen LogP contribution in [0.25, 0.3) is 4.85 Å². The van der Waals surface area contributed by atoms with Gasteiger partial charge in [0.2, 0.25) is 0 Å². The average Bonchev–Trinajstić information content (AvgIpc) is 2.48. The summed E-state index contributed by atoms with van der Waals surface area (Å²) in [7, 11) is 0. The fourth-order valence-corrected chi connectivity index (χ4v) is 1.85. The monoisotopic (exact) mass is 320 g/mol. The molecule has 1 fully saturated rings. The van der Waals surface area contributed by atoms with E-state index in [-0.39, 0.29) is 12.4 Å². The Bertz CT molecular complexity index is 587. The molecule has 0 aliphatic carbocycles. The lowest BCUT2D eigenvalue weighted by Gasteiger charge is -2.33. The Labute approximate surface area is 122 Å². The van der Waals surface area contributed by atoms with E-state index in [0.29, 0.717) is 6.20 Å². The fraction of sp³-hybridized carbons (Fsp3) is 0.583. The quantitative estimate of drug-likeness (QED) is 0.683. The van der Waals surface area contributed by atoms with Crippen molar-refractivity contribution in [2.75, 3.05) is 13.2 Å². The lowest BCUT2D eigenvalue weighted by molar-refractivity contribution is -0.163. The van der Waals surface area contributed by atoms with Crippen molar-refractivity contribution in [3.8, 4) is 6.07 Å². The lowest BCUT2D eigenvalue weighted by atomic mass is 9.94. The highest BCUT2D eigenvalue weighted by atomic mass is 19.4. The van der Waals surface area contributed by atoms with Gasteiger partial charge in [0, 0.05) is 0 Å². The number of ether oxygens (including phenoxy) is 1. The van der Waals surface area contributed by atoms with Gasteiger partial charge in [-0.05, 0) is 4.98 Å². The molecule has 1 aliphatic heterocycles. The molecule has 1 unspecified atom stereocenters. The first-order valence-electron chi connectivity index (χ1n) is 6.27. The Hall–Kier alpha value is -1.80. The molecule has 0 aromatic carbocycles. The molecule has 0 amide bonds. The zero-order valence-electron chi connectivity index (χ0n) is 11.1. The molecular weight excluding hydrogens is 307 g/mol. The molecule has 3 N–H and O–H groups in total. The van der Waals surface area contributed by atoms with Crippen molar-refractivity contribution in [1.82, 2.24) is 9.97 Å². The number of halogens is 3. The summed E-state index contributed by atoms with van der Waals surface area (Å²) in [4.78, 5) is 10.2. The van der Waals surface area contributed by atoms with E-state index < -0.39 is 42.7 Å².